The normalized spacial score (nSPS) is 17.9. The molecule has 0 amide bonds. The maximum Gasteiger partial charge on any atom is 0.213 e. The van der Waals surface area contributed by atoms with E-state index in [4.69, 9.17) is 0 Å². The smallest absolute Gasteiger partial charge is 0.213 e. The van der Waals surface area contributed by atoms with Crippen molar-refractivity contribution in [2.24, 2.45) is 4.99 Å². The molecular formula is C19H34IN5O2S. The molecule has 0 spiro atoms. The fraction of sp³-hybridized carbons (Fsp3) is 0.632. The number of likely N-dealkylation sites (N-methyl/N-ethyl adjacent to an activating group) is 1. The molecule has 0 saturated carbocycles. The van der Waals surface area contributed by atoms with Crippen molar-refractivity contribution < 1.29 is 8.42 Å². The molecule has 28 heavy (non-hydrogen) atoms. The first kappa shape index (κ1) is 25.1. The van der Waals surface area contributed by atoms with Crippen LogP contribution in [0.25, 0.3) is 0 Å². The predicted octanol–water partition coefficient (Wildman–Crippen LogP) is 1.76. The van der Waals surface area contributed by atoms with Crippen LogP contribution in [0.1, 0.15) is 32.3 Å². The number of halogens is 1. The largest absolute Gasteiger partial charge is 0.357 e. The average Bonchev–Trinajstić information content (AvgIpc) is 3.13. The van der Waals surface area contributed by atoms with Crippen LogP contribution in [-0.4, -0.2) is 63.8 Å². The number of hydrogen-bond acceptors (Lipinski definition) is 4. The summed E-state index contributed by atoms with van der Waals surface area (Å²) in [5.41, 5.74) is 0.945. The second-order valence-corrected chi connectivity index (χ2v) is 8.62. The maximum atomic E-state index is 12.2. The van der Waals surface area contributed by atoms with Gasteiger partial charge < -0.3 is 10.6 Å². The summed E-state index contributed by atoms with van der Waals surface area (Å²) < 4.78 is 27.0. The van der Waals surface area contributed by atoms with Gasteiger partial charge >= 0.3 is 0 Å². The molecule has 3 N–H and O–H groups in total. The van der Waals surface area contributed by atoms with Gasteiger partial charge in [-0.1, -0.05) is 37.3 Å². The summed E-state index contributed by atoms with van der Waals surface area (Å²) in [6.45, 7) is 8.49. The molecule has 0 radical (unpaired) electrons. The van der Waals surface area contributed by atoms with Gasteiger partial charge in [0.2, 0.25) is 10.0 Å². The zero-order valence-corrected chi connectivity index (χ0v) is 20.0. The molecule has 9 heteroatoms. The van der Waals surface area contributed by atoms with E-state index in [1.54, 1.807) is 0 Å². The van der Waals surface area contributed by atoms with Crippen molar-refractivity contribution in [2.45, 2.75) is 39.3 Å². The SMILES string of the molecule is CCNC(=NCC1CCCN1CC)NCCS(=O)(=O)NCc1ccccc1.I. The zero-order valence-electron chi connectivity index (χ0n) is 16.9. The number of guanidine groups is 1. The van der Waals surface area contributed by atoms with Gasteiger partial charge in [-0.15, -0.1) is 24.0 Å². The van der Waals surface area contributed by atoms with Gasteiger partial charge in [0.25, 0.3) is 0 Å². The molecule has 1 unspecified atom stereocenters. The molecular weight excluding hydrogens is 489 g/mol. The Kier molecular flexibility index (Phi) is 12.0. The third-order valence-corrected chi connectivity index (χ3v) is 6.04. The van der Waals surface area contributed by atoms with Crippen molar-refractivity contribution in [3.05, 3.63) is 35.9 Å². The van der Waals surface area contributed by atoms with E-state index in [0.29, 0.717) is 25.1 Å². The first-order valence-corrected chi connectivity index (χ1v) is 11.5. The minimum absolute atomic E-state index is 0. The maximum absolute atomic E-state index is 12.2. The predicted molar refractivity (Wildman–Crippen MR) is 127 cm³/mol. The number of rotatable bonds is 10. The van der Waals surface area contributed by atoms with E-state index in [0.717, 1.165) is 31.7 Å². The van der Waals surface area contributed by atoms with E-state index in [1.807, 2.05) is 37.3 Å². The van der Waals surface area contributed by atoms with Gasteiger partial charge in [0, 0.05) is 25.7 Å². The minimum Gasteiger partial charge on any atom is -0.357 e. The van der Waals surface area contributed by atoms with Crippen LogP contribution in [0.2, 0.25) is 0 Å². The Morgan fingerprint density at radius 1 is 1.21 bits per heavy atom. The van der Waals surface area contributed by atoms with Crippen molar-refractivity contribution >= 4 is 40.0 Å². The first-order chi connectivity index (χ1) is 13.0. The van der Waals surface area contributed by atoms with Crippen LogP contribution in [0.5, 0.6) is 0 Å². The summed E-state index contributed by atoms with van der Waals surface area (Å²) in [4.78, 5) is 7.09. The van der Waals surface area contributed by atoms with E-state index >= 15 is 0 Å². The standard InChI is InChI=1S/C19H33N5O2S.HI/c1-3-20-19(22-16-18-11-8-13-24(18)4-2)21-12-14-27(25,26)23-15-17-9-6-5-7-10-17;/h5-7,9-10,18,23H,3-4,8,11-16H2,1-2H3,(H2,20,21,22);1H. The number of hydrogen-bond donors (Lipinski definition) is 3. The van der Waals surface area contributed by atoms with Crippen LogP contribution in [-0.2, 0) is 16.6 Å². The summed E-state index contributed by atoms with van der Waals surface area (Å²) in [7, 11) is -3.34. The second-order valence-electron chi connectivity index (χ2n) is 6.70. The lowest BCUT2D eigenvalue weighted by atomic mass is 10.2. The molecule has 1 fully saturated rings. The Bertz CT molecular complexity index is 685. The third kappa shape index (κ3) is 9.06. The molecule has 1 saturated heterocycles. The molecule has 0 aliphatic carbocycles. The highest BCUT2D eigenvalue weighted by Gasteiger charge is 2.22. The van der Waals surface area contributed by atoms with Crippen LogP contribution >= 0.6 is 24.0 Å². The van der Waals surface area contributed by atoms with E-state index in [9.17, 15) is 8.42 Å². The molecule has 0 bridgehead atoms. The van der Waals surface area contributed by atoms with Crippen molar-refractivity contribution in [3.63, 3.8) is 0 Å². The Morgan fingerprint density at radius 3 is 2.64 bits per heavy atom. The minimum atomic E-state index is -3.34. The molecule has 1 atom stereocenters. The number of sulfonamides is 1. The highest BCUT2D eigenvalue weighted by atomic mass is 127. The van der Waals surface area contributed by atoms with Gasteiger partial charge in [0.15, 0.2) is 5.96 Å². The lowest BCUT2D eigenvalue weighted by molar-refractivity contribution is 0.273. The average molecular weight is 523 g/mol. The highest BCUT2D eigenvalue weighted by Crippen LogP contribution is 2.16. The topological polar surface area (TPSA) is 85.8 Å². The van der Waals surface area contributed by atoms with Gasteiger partial charge in [0.1, 0.15) is 0 Å². The lowest BCUT2D eigenvalue weighted by Crippen LogP contribution is -2.42. The molecule has 1 aliphatic rings. The lowest BCUT2D eigenvalue weighted by Gasteiger charge is -2.21. The monoisotopic (exact) mass is 523 g/mol. The van der Waals surface area contributed by atoms with Gasteiger partial charge in [0.05, 0.1) is 12.3 Å². The third-order valence-electron chi connectivity index (χ3n) is 4.71. The van der Waals surface area contributed by atoms with Gasteiger partial charge in [-0.05, 0) is 38.4 Å². The highest BCUT2D eigenvalue weighted by molar-refractivity contribution is 14.0. The van der Waals surface area contributed by atoms with Gasteiger partial charge in [-0.3, -0.25) is 9.89 Å². The van der Waals surface area contributed by atoms with Crippen LogP contribution < -0.4 is 15.4 Å². The number of aliphatic imine (C=N–C) groups is 1. The summed E-state index contributed by atoms with van der Waals surface area (Å²) in [5.74, 6) is 0.688. The molecule has 0 aromatic heterocycles. The number of nitrogens with zero attached hydrogens (tertiary/aromatic N) is 2. The van der Waals surface area contributed by atoms with Crippen LogP contribution in [0.15, 0.2) is 35.3 Å². The van der Waals surface area contributed by atoms with Crippen LogP contribution in [0, 0.1) is 0 Å². The summed E-state index contributed by atoms with van der Waals surface area (Å²) >= 11 is 0. The van der Waals surface area contributed by atoms with Crippen LogP contribution in [0.3, 0.4) is 0 Å². The van der Waals surface area contributed by atoms with Crippen molar-refractivity contribution in [1.29, 1.82) is 0 Å². The van der Waals surface area contributed by atoms with E-state index in [-0.39, 0.29) is 29.7 Å². The molecule has 1 aromatic rings. The summed E-state index contributed by atoms with van der Waals surface area (Å²) in [5, 5.41) is 6.32. The number of benzene rings is 1. The molecule has 1 aliphatic heterocycles. The van der Waals surface area contributed by atoms with Gasteiger partial charge in [-0.2, -0.15) is 0 Å². The fourth-order valence-corrected chi connectivity index (χ4v) is 4.12. The first-order valence-electron chi connectivity index (χ1n) is 9.81. The van der Waals surface area contributed by atoms with Crippen molar-refractivity contribution in [1.82, 2.24) is 20.3 Å². The zero-order chi connectivity index (χ0) is 19.5. The van der Waals surface area contributed by atoms with Crippen molar-refractivity contribution in [2.75, 3.05) is 38.5 Å². The van der Waals surface area contributed by atoms with Crippen molar-refractivity contribution in [3.8, 4) is 0 Å². The molecule has 2 rings (SSSR count). The van der Waals surface area contributed by atoms with Crippen LogP contribution in [0.4, 0.5) is 0 Å². The number of likely N-dealkylation sites (tertiary alicyclic amines) is 1. The van der Waals surface area contributed by atoms with Gasteiger partial charge in [-0.25, -0.2) is 13.1 Å². The molecule has 1 aromatic carbocycles. The Balaban J connectivity index is 0.00000392. The summed E-state index contributed by atoms with van der Waals surface area (Å²) in [6, 6.07) is 10.00. The Morgan fingerprint density at radius 2 is 1.96 bits per heavy atom. The molecule has 7 nitrogen and oxygen atoms in total. The van der Waals surface area contributed by atoms with E-state index < -0.39 is 10.0 Å². The number of nitrogens with one attached hydrogen (secondary N) is 3. The molecule has 160 valence electrons. The van der Waals surface area contributed by atoms with E-state index in [1.165, 1.54) is 12.8 Å². The van der Waals surface area contributed by atoms with E-state index in [2.05, 4.69) is 32.2 Å². The fourth-order valence-electron chi connectivity index (χ4n) is 3.22. The summed E-state index contributed by atoms with van der Waals surface area (Å²) in [6.07, 6.45) is 2.40. The Hall–Kier alpha value is -0.910. The Labute approximate surface area is 186 Å². The second kappa shape index (κ2) is 13.3. The quantitative estimate of drug-likeness (QED) is 0.247. The molecule has 1 heterocycles.